The molecule has 0 aromatic heterocycles. The summed E-state index contributed by atoms with van der Waals surface area (Å²) in [5.41, 5.74) is -0.387. The molecule has 3 aliphatic carbocycles. The molecule has 4 saturated heterocycles. The van der Waals surface area contributed by atoms with Gasteiger partial charge in [-0.3, -0.25) is 29.4 Å². The molecule has 0 N–H and O–H groups in total. The highest BCUT2D eigenvalue weighted by atomic mass is 16.7. The lowest BCUT2D eigenvalue weighted by Crippen LogP contribution is -2.66. The Morgan fingerprint density at radius 3 is 2.30 bits per heavy atom. The van der Waals surface area contributed by atoms with Gasteiger partial charge in [0.2, 0.25) is 12.4 Å². The highest BCUT2D eigenvalue weighted by Gasteiger charge is 2.93. The molecule has 66 heavy (non-hydrogen) atoms. The number of hydrogen-bond acceptors (Lipinski definition) is 20. The maximum absolute atomic E-state index is 13.7. The fourth-order valence-corrected chi connectivity index (χ4v) is 11.7. The van der Waals surface area contributed by atoms with E-state index < -0.39 is 101 Å². The number of nitro benzene ring substituents is 1. The quantitative estimate of drug-likeness (QED) is 0.0648. The minimum Gasteiger partial charge on any atom is -0.467 e. The van der Waals surface area contributed by atoms with Crippen LogP contribution >= 0.6 is 0 Å². The first kappa shape index (κ1) is 45.7. The topological polar surface area (TPSA) is 269 Å². The van der Waals surface area contributed by atoms with Gasteiger partial charge in [-0.05, 0) is 42.9 Å². The molecule has 2 saturated carbocycles. The van der Waals surface area contributed by atoms with Gasteiger partial charge in [0.15, 0.2) is 24.1 Å². The van der Waals surface area contributed by atoms with E-state index in [1.54, 1.807) is 6.92 Å². The van der Waals surface area contributed by atoms with Crippen molar-refractivity contribution in [2.45, 2.75) is 140 Å². The summed E-state index contributed by atoms with van der Waals surface area (Å²) in [6, 6.07) is 3.64. The number of amides is 1. The third-order valence-corrected chi connectivity index (χ3v) is 14.6. The summed E-state index contributed by atoms with van der Waals surface area (Å²) in [5.74, 6) is -4.77. The van der Waals surface area contributed by atoms with Gasteiger partial charge in [0, 0.05) is 56.2 Å². The monoisotopic (exact) mass is 928 g/mol. The van der Waals surface area contributed by atoms with Gasteiger partial charge in [-0.15, -0.1) is 0 Å². The Morgan fingerprint density at radius 1 is 0.955 bits per heavy atom. The molecule has 22 nitrogen and oxygen atoms in total. The molecule has 1 unspecified atom stereocenters. The van der Waals surface area contributed by atoms with E-state index in [1.165, 1.54) is 17.0 Å². The summed E-state index contributed by atoms with van der Waals surface area (Å²) >= 11 is 0. The number of epoxide rings is 3. The van der Waals surface area contributed by atoms with E-state index in [9.17, 15) is 38.9 Å². The molecule has 1 amide bonds. The van der Waals surface area contributed by atoms with Gasteiger partial charge in [0.05, 0.1) is 30.3 Å². The van der Waals surface area contributed by atoms with E-state index in [-0.39, 0.29) is 79.0 Å². The lowest BCUT2D eigenvalue weighted by atomic mass is 9.47. The second-order valence-electron chi connectivity index (χ2n) is 18.4. The van der Waals surface area contributed by atoms with Gasteiger partial charge < -0.3 is 56.8 Å². The van der Waals surface area contributed by atoms with Gasteiger partial charge in [-0.2, -0.15) is 0 Å². The van der Waals surface area contributed by atoms with E-state index >= 15 is 0 Å². The molecule has 0 radical (unpaired) electrons. The number of carbonyl (C=O) groups is 6. The zero-order valence-corrected chi connectivity index (χ0v) is 37.5. The Hall–Kier alpha value is -5.42. The number of methoxy groups -OCH3 is 1. The molecule has 1 spiro atoms. The lowest BCUT2D eigenvalue weighted by molar-refractivity contribution is -0.387. The average Bonchev–Trinajstić information content (AvgIpc) is 4.19. The molecule has 8 aliphatic rings. The maximum atomic E-state index is 13.7. The highest BCUT2D eigenvalue weighted by molar-refractivity contribution is 5.92. The molecular weight excluding hydrogens is 876 g/mol. The van der Waals surface area contributed by atoms with E-state index in [0.717, 1.165) is 45.1 Å². The summed E-state index contributed by atoms with van der Waals surface area (Å²) in [4.78, 5) is 88.7. The molecule has 6 fully saturated rings. The van der Waals surface area contributed by atoms with Crippen molar-refractivity contribution in [2.24, 2.45) is 23.2 Å². The zero-order chi connectivity index (χ0) is 47.4. The van der Waals surface area contributed by atoms with Crippen molar-refractivity contribution in [3.05, 3.63) is 45.0 Å². The number of fused-ring (bicyclic) bond motifs is 7. The maximum Gasteiger partial charge on any atom is 0.411 e. The predicted octanol–water partition coefficient (Wildman–Crippen LogP) is 2.58. The Balaban J connectivity index is 0.901. The molecule has 1 aromatic rings. The minimum absolute atomic E-state index is 0.0307. The van der Waals surface area contributed by atoms with Crippen molar-refractivity contribution in [1.82, 2.24) is 4.90 Å². The molecule has 358 valence electrons. The van der Waals surface area contributed by atoms with Crippen molar-refractivity contribution < 1.29 is 90.5 Å². The number of benzene rings is 1. The van der Waals surface area contributed by atoms with E-state index in [1.807, 2.05) is 0 Å². The summed E-state index contributed by atoms with van der Waals surface area (Å²) in [6.07, 6.45) is -9.48. The Morgan fingerprint density at radius 2 is 1.65 bits per heavy atom. The number of rotatable bonds is 14. The summed E-state index contributed by atoms with van der Waals surface area (Å²) in [5, 5.41) is 12.4. The molecule has 5 heterocycles. The Labute approximate surface area is 377 Å². The van der Waals surface area contributed by atoms with Gasteiger partial charge in [-0.1, -0.05) is 26.8 Å². The van der Waals surface area contributed by atoms with E-state index in [0.29, 0.717) is 12.8 Å². The fraction of sp³-hybridized carbons (Fsp3) is 0.682. The van der Waals surface area contributed by atoms with Crippen LogP contribution in [0.5, 0.6) is 5.75 Å². The standard InChI is InChI=1S/C44H52N2O20/c1-9-45(17-58-35-28-30-29(63-30)27-24-16-56-38(50)23(24)12-13-42(27,7)44(28)37(66-44)36-43(35,65-36)18(2)3)41(52)57-15-22-10-11-26(25(14-22)46(53)54)62-40-34(61-21(6)49)32(60-20(5)48)31(59-19(4)47)33(64-40)39(51)55-8/h10-11,14,18,27-37,40H,9,12-13,15-17H2,1-8H3/t27-,28?,29+,30-,31+,32+,33+,34-,35+,36+,37+,40-,42+,43-,44-/m1/s1. The van der Waals surface area contributed by atoms with Gasteiger partial charge in [0.1, 0.15) is 43.4 Å². The molecule has 15 atom stereocenters. The minimum atomic E-state index is -1.85. The molecule has 5 aliphatic heterocycles. The molecule has 1 aromatic carbocycles. The van der Waals surface area contributed by atoms with Gasteiger partial charge in [-0.25, -0.2) is 14.4 Å². The number of hydrogen-bond donors (Lipinski definition) is 0. The number of carbonyl (C=O) groups excluding carboxylic acids is 6. The van der Waals surface area contributed by atoms with Gasteiger partial charge in [0.25, 0.3) is 0 Å². The predicted molar refractivity (Wildman–Crippen MR) is 214 cm³/mol. The van der Waals surface area contributed by atoms with Crippen molar-refractivity contribution in [3.63, 3.8) is 0 Å². The molecule has 22 heteroatoms. The number of nitro groups is 1. The van der Waals surface area contributed by atoms with E-state index in [2.05, 4.69) is 20.8 Å². The molecular formula is C44H52N2O20. The number of nitrogens with zero attached hydrogens (tertiary/aromatic N) is 2. The number of esters is 5. The van der Waals surface area contributed by atoms with Crippen LogP contribution in [0.2, 0.25) is 0 Å². The van der Waals surface area contributed by atoms with Crippen LogP contribution in [0.3, 0.4) is 0 Å². The van der Waals surface area contributed by atoms with Crippen LogP contribution in [0, 0.1) is 33.3 Å². The van der Waals surface area contributed by atoms with Crippen LogP contribution in [0.15, 0.2) is 29.3 Å². The van der Waals surface area contributed by atoms with Crippen molar-refractivity contribution in [3.8, 4) is 5.75 Å². The van der Waals surface area contributed by atoms with E-state index in [4.69, 9.17) is 56.8 Å². The van der Waals surface area contributed by atoms with Crippen molar-refractivity contribution in [2.75, 3.05) is 27.0 Å². The molecule has 9 rings (SSSR count). The van der Waals surface area contributed by atoms with Crippen LogP contribution in [0.1, 0.15) is 66.9 Å². The summed E-state index contributed by atoms with van der Waals surface area (Å²) in [6.45, 7) is 11.0. The van der Waals surface area contributed by atoms with Crippen LogP contribution < -0.4 is 4.74 Å². The highest BCUT2D eigenvalue weighted by Crippen LogP contribution is 2.79. The first-order valence-corrected chi connectivity index (χ1v) is 21.9. The SMILES string of the molecule is CCN(CO[C@H]1C2[C@H]3O[C@H]3[C@H]3C4=C(CC[C@]3(C)[C@@]23O[C@H]3[C@@H]2O[C@]12C(C)C)C(=O)OC4)C(=O)OCc1ccc(O[C@@H]2O[C@H](C(=O)OC)[C@@H](OC(C)=O)[C@H](OC(C)=O)[C@H]2OC(C)=O)c([N+](=O)[O-])c1. The zero-order valence-electron chi connectivity index (χ0n) is 37.5. The van der Waals surface area contributed by atoms with Crippen LogP contribution in [-0.2, 0) is 82.7 Å². The third kappa shape index (κ3) is 7.08. The Bertz CT molecular complexity index is 2280. The van der Waals surface area contributed by atoms with Crippen LogP contribution in [0.4, 0.5) is 10.5 Å². The first-order valence-electron chi connectivity index (χ1n) is 21.9. The summed E-state index contributed by atoms with van der Waals surface area (Å²) in [7, 11) is 1.01. The number of ether oxygens (including phenoxy) is 12. The second-order valence-corrected chi connectivity index (χ2v) is 18.4. The second kappa shape index (κ2) is 16.4. The summed E-state index contributed by atoms with van der Waals surface area (Å²) < 4.78 is 70.3. The smallest absolute Gasteiger partial charge is 0.411 e. The first-order chi connectivity index (χ1) is 31.3. The fourth-order valence-electron chi connectivity index (χ4n) is 11.7. The normalized spacial score (nSPS) is 38.3. The van der Waals surface area contributed by atoms with Gasteiger partial charge >= 0.3 is 41.6 Å². The Kier molecular flexibility index (Phi) is 11.4. The lowest BCUT2D eigenvalue weighted by Gasteiger charge is -2.54. The molecule has 0 bridgehead atoms. The van der Waals surface area contributed by atoms with Crippen molar-refractivity contribution in [1.29, 1.82) is 0 Å². The number of cyclic esters (lactones) is 1. The van der Waals surface area contributed by atoms with Crippen molar-refractivity contribution >= 4 is 41.6 Å². The average molecular weight is 929 g/mol. The van der Waals surface area contributed by atoms with Crippen LogP contribution in [-0.4, -0.2) is 145 Å². The third-order valence-electron chi connectivity index (χ3n) is 14.6. The largest absolute Gasteiger partial charge is 0.467 e. The van der Waals surface area contributed by atoms with Crippen LogP contribution in [0.25, 0.3) is 0 Å².